The number of pyridine rings is 1. The van der Waals surface area contributed by atoms with E-state index in [9.17, 15) is 38.6 Å². The SMILES string of the molecule is O=C(O)C(=O)/C=C(\O)c1ccc2c(c1)c(=O)c(/C(O)=C/C(=O)C(=O)O)cn2Cc1ccc(F)cc1. The highest BCUT2D eigenvalue weighted by Gasteiger charge is 2.18. The lowest BCUT2D eigenvalue weighted by atomic mass is 10.0. The molecule has 0 fully saturated rings. The predicted octanol–water partition coefficient (Wildman–Crippen LogP) is 2.29. The van der Waals surface area contributed by atoms with E-state index in [0.717, 1.165) is 6.07 Å². The van der Waals surface area contributed by atoms with Crippen molar-refractivity contribution in [1.29, 1.82) is 0 Å². The van der Waals surface area contributed by atoms with E-state index in [1.165, 1.54) is 47.2 Å². The van der Waals surface area contributed by atoms with Gasteiger partial charge in [0.15, 0.2) is 5.43 Å². The number of aliphatic hydroxyl groups is 2. The van der Waals surface area contributed by atoms with E-state index >= 15 is 0 Å². The van der Waals surface area contributed by atoms with E-state index in [1.54, 1.807) is 0 Å². The number of aromatic nitrogens is 1. The molecule has 3 aromatic rings. The summed E-state index contributed by atoms with van der Waals surface area (Å²) in [6, 6.07) is 9.21. The summed E-state index contributed by atoms with van der Waals surface area (Å²) in [5.74, 6) is -8.69. The monoisotopic (exact) mass is 481 g/mol. The quantitative estimate of drug-likeness (QED) is 0.214. The van der Waals surface area contributed by atoms with Crippen molar-refractivity contribution in [3.05, 3.63) is 93.5 Å². The number of halogens is 1. The molecule has 11 heteroatoms. The molecule has 0 saturated heterocycles. The molecule has 178 valence electrons. The van der Waals surface area contributed by atoms with Crippen LogP contribution in [-0.2, 0) is 25.7 Å². The second kappa shape index (κ2) is 9.83. The van der Waals surface area contributed by atoms with Crippen molar-refractivity contribution in [3.8, 4) is 0 Å². The molecule has 35 heavy (non-hydrogen) atoms. The molecule has 0 bridgehead atoms. The third kappa shape index (κ3) is 5.47. The van der Waals surface area contributed by atoms with Crippen LogP contribution in [0, 0.1) is 5.82 Å². The van der Waals surface area contributed by atoms with Gasteiger partial charge in [0.25, 0.3) is 11.6 Å². The number of rotatable bonds is 8. The zero-order valence-electron chi connectivity index (χ0n) is 17.6. The van der Waals surface area contributed by atoms with Crippen molar-refractivity contribution >= 4 is 45.9 Å². The molecule has 2 aromatic carbocycles. The Kier molecular flexibility index (Phi) is 6.90. The van der Waals surface area contributed by atoms with Gasteiger partial charge in [0.05, 0.1) is 11.1 Å². The molecule has 3 rings (SSSR count). The lowest BCUT2D eigenvalue weighted by molar-refractivity contribution is -0.146. The molecule has 0 aliphatic carbocycles. The van der Waals surface area contributed by atoms with Crippen LogP contribution in [0.2, 0.25) is 0 Å². The Balaban J connectivity index is 2.25. The van der Waals surface area contributed by atoms with Crippen LogP contribution in [0.5, 0.6) is 0 Å². The first-order valence-electron chi connectivity index (χ1n) is 9.76. The summed E-state index contributed by atoms with van der Waals surface area (Å²) in [5, 5.41) is 37.8. The maximum Gasteiger partial charge on any atom is 0.376 e. The molecule has 4 N–H and O–H groups in total. The number of ketones is 2. The summed E-state index contributed by atoms with van der Waals surface area (Å²) < 4.78 is 14.8. The van der Waals surface area contributed by atoms with Crippen molar-refractivity contribution in [2.45, 2.75) is 6.54 Å². The van der Waals surface area contributed by atoms with E-state index < -0.39 is 51.8 Å². The topological polar surface area (TPSA) is 171 Å². The predicted molar refractivity (Wildman–Crippen MR) is 120 cm³/mol. The minimum atomic E-state index is -1.86. The van der Waals surface area contributed by atoms with Crippen LogP contribution in [-0.4, -0.2) is 48.5 Å². The van der Waals surface area contributed by atoms with Crippen LogP contribution in [0.15, 0.2) is 65.6 Å². The van der Waals surface area contributed by atoms with Gasteiger partial charge in [-0.1, -0.05) is 12.1 Å². The van der Waals surface area contributed by atoms with E-state index in [4.69, 9.17) is 10.2 Å². The number of aliphatic carboxylic acids is 2. The first kappa shape index (κ1) is 24.6. The van der Waals surface area contributed by atoms with E-state index in [-0.39, 0.29) is 23.0 Å². The lowest BCUT2D eigenvalue weighted by Crippen LogP contribution is -2.17. The number of carboxylic acids is 2. The molecular formula is C24H16FNO9. The highest BCUT2D eigenvalue weighted by Crippen LogP contribution is 2.22. The zero-order valence-corrected chi connectivity index (χ0v) is 17.6. The van der Waals surface area contributed by atoms with Crippen LogP contribution in [0.25, 0.3) is 22.4 Å². The average Bonchev–Trinajstić information content (AvgIpc) is 2.81. The summed E-state index contributed by atoms with van der Waals surface area (Å²) in [4.78, 5) is 57.6. The number of hydrogen-bond donors (Lipinski definition) is 4. The van der Waals surface area contributed by atoms with Gasteiger partial charge < -0.3 is 25.0 Å². The van der Waals surface area contributed by atoms with Gasteiger partial charge in [0, 0.05) is 35.8 Å². The number of carbonyl (C=O) groups is 4. The number of carboxylic acid groups (broad SMARTS) is 2. The van der Waals surface area contributed by atoms with Crippen molar-refractivity contribution in [1.82, 2.24) is 4.57 Å². The Morgan fingerprint density at radius 3 is 1.97 bits per heavy atom. The Labute approximate surface area is 195 Å². The van der Waals surface area contributed by atoms with Gasteiger partial charge in [0.2, 0.25) is 0 Å². The lowest BCUT2D eigenvalue weighted by Gasteiger charge is -2.14. The normalized spacial score (nSPS) is 11.9. The molecule has 1 aromatic heterocycles. The maximum absolute atomic E-state index is 13.3. The summed E-state index contributed by atoms with van der Waals surface area (Å²) in [6.07, 6.45) is 1.99. The van der Waals surface area contributed by atoms with E-state index in [1.807, 2.05) is 0 Å². The molecule has 0 aliphatic rings. The van der Waals surface area contributed by atoms with Crippen molar-refractivity contribution in [3.63, 3.8) is 0 Å². The summed E-state index contributed by atoms with van der Waals surface area (Å²) in [5.41, 5.74) is -0.537. The zero-order chi connectivity index (χ0) is 25.9. The van der Waals surface area contributed by atoms with Gasteiger partial charge in [-0.2, -0.15) is 0 Å². The number of fused-ring (bicyclic) bond motifs is 1. The second-order valence-electron chi connectivity index (χ2n) is 7.26. The summed E-state index contributed by atoms with van der Waals surface area (Å²) >= 11 is 0. The van der Waals surface area contributed by atoms with Crippen LogP contribution in [0.3, 0.4) is 0 Å². The molecule has 0 atom stereocenters. The average molecular weight is 481 g/mol. The first-order chi connectivity index (χ1) is 16.5. The Morgan fingerprint density at radius 1 is 0.829 bits per heavy atom. The molecule has 0 amide bonds. The summed E-state index contributed by atoms with van der Waals surface area (Å²) in [6.45, 7) is 0.0584. The van der Waals surface area contributed by atoms with Crippen LogP contribution >= 0.6 is 0 Å². The highest BCUT2D eigenvalue weighted by molar-refractivity contribution is 6.39. The Bertz CT molecular complexity index is 1500. The minimum absolute atomic E-state index is 0.0584. The number of aliphatic hydroxyl groups excluding tert-OH is 2. The van der Waals surface area contributed by atoms with Gasteiger partial charge in [0.1, 0.15) is 17.3 Å². The smallest absolute Gasteiger partial charge is 0.376 e. The second-order valence-corrected chi connectivity index (χ2v) is 7.26. The molecule has 1 heterocycles. The van der Waals surface area contributed by atoms with Gasteiger partial charge in [-0.15, -0.1) is 0 Å². The third-order valence-electron chi connectivity index (χ3n) is 4.88. The number of benzene rings is 2. The van der Waals surface area contributed by atoms with Gasteiger partial charge in [-0.05, 0) is 35.9 Å². The number of nitrogens with zero attached hydrogens (tertiary/aromatic N) is 1. The van der Waals surface area contributed by atoms with Crippen molar-refractivity contribution in [2.75, 3.05) is 0 Å². The number of hydrogen-bond acceptors (Lipinski definition) is 7. The molecule has 0 saturated carbocycles. The van der Waals surface area contributed by atoms with Crippen LogP contribution in [0.1, 0.15) is 16.7 Å². The highest BCUT2D eigenvalue weighted by atomic mass is 19.1. The maximum atomic E-state index is 13.3. The standard InChI is InChI=1S/C24H16FNO9/c25-14-4-1-12(2-5-14)10-26-11-16(19(28)9-21(30)24(34)35)22(31)15-7-13(3-6-17(15)26)18(27)8-20(29)23(32)33/h1-9,11,27-28H,10H2,(H,32,33)(H,34,35)/b18-8-,19-9-. The largest absolute Gasteiger partial charge is 0.507 e. The first-order valence-corrected chi connectivity index (χ1v) is 9.76. The molecule has 0 unspecified atom stereocenters. The molecule has 10 nitrogen and oxygen atoms in total. The third-order valence-corrected chi connectivity index (χ3v) is 4.88. The van der Waals surface area contributed by atoms with Gasteiger partial charge in [-0.3, -0.25) is 14.4 Å². The molecular weight excluding hydrogens is 465 g/mol. The van der Waals surface area contributed by atoms with Gasteiger partial charge >= 0.3 is 11.9 Å². The van der Waals surface area contributed by atoms with E-state index in [0.29, 0.717) is 17.7 Å². The number of carbonyl (C=O) groups excluding carboxylic acids is 2. The van der Waals surface area contributed by atoms with Crippen molar-refractivity contribution in [2.24, 2.45) is 0 Å². The molecule has 0 spiro atoms. The fourth-order valence-corrected chi connectivity index (χ4v) is 3.19. The Morgan fingerprint density at radius 2 is 1.40 bits per heavy atom. The van der Waals surface area contributed by atoms with Crippen LogP contribution < -0.4 is 5.43 Å². The van der Waals surface area contributed by atoms with Crippen LogP contribution in [0.4, 0.5) is 4.39 Å². The fourth-order valence-electron chi connectivity index (χ4n) is 3.19. The van der Waals surface area contributed by atoms with Gasteiger partial charge in [-0.25, -0.2) is 14.0 Å². The minimum Gasteiger partial charge on any atom is -0.507 e. The summed E-state index contributed by atoms with van der Waals surface area (Å²) in [7, 11) is 0. The molecule has 0 aliphatic heterocycles. The molecule has 0 radical (unpaired) electrons. The Hall–Kier alpha value is -5.06. The fraction of sp³-hybridized carbons (Fsp3) is 0.0417. The van der Waals surface area contributed by atoms with Crippen molar-refractivity contribution < 1.29 is 44.0 Å². The van der Waals surface area contributed by atoms with E-state index in [2.05, 4.69) is 0 Å².